The zero-order valence-corrected chi connectivity index (χ0v) is 15.5. The summed E-state index contributed by atoms with van der Waals surface area (Å²) < 4.78 is 27.1. The number of hydrogen-bond donors (Lipinski definition) is 2. The van der Waals surface area contributed by atoms with Crippen molar-refractivity contribution in [2.24, 2.45) is 10.7 Å². The number of rotatable bonds is 5. The number of nitrogens with one attached hydrogen (secondary N) is 1. The van der Waals surface area contributed by atoms with E-state index in [-0.39, 0.29) is 0 Å². The second-order valence-corrected chi connectivity index (χ2v) is 8.24. The van der Waals surface area contributed by atoms with Gasteiger partial charge in [0.1, 0.15) is 0 Å². The van der Waals surface area contributed by atoms with Gasteiger partial charge in [0, 0.05) is 18.8 Å². The Morgan fingerprint density at radius 1 is 1.04 bits per heavy atom. The summed E-state index contributed by atoms with van der Waals surface area (Å²) in [7, 11) is -3.43. The fourth-order valence-corrected chi connectivity index (χ4v) is 4.53. The summed E-state index contributed by atoms with van der Waals surface area (Å²) in [6.45, 7) is 1.51. The Kier molecular flexibility index (Phi) is 5.90. The summed E-state index contributed by atoms with van der Waals surface area (Å²) in [6, 6.07) is 16.5. The number of anilines is 1. The van der Waals surface area contributed by atoms with Crippen molar-refractivity contribution in [1.29, 1.82) is 0 Å². The van der Waals surface area contributed by atoms with Crippen LogP contribution in [0.3, 0.4) is 0 Å². The number of sulfonamides is 1. The molecule has 0 aliphatic carbocycles. The van der Waals surface area contributed by atoms with Gasteiger partial charge < -0.3 is 11.1 Å². The molecule has 2 aromatic rings. The number of nitrogens with two attached hydrogens (primary N) is 1. The van der Waals surface area contributed by atoms with Gasteiger partial charge in [0.2, 0.25) is 10.0 Å². The molecule has 1 aliphatic rings. The predicted octanol–water partition coefficient (Wildman–Crippen LogP) is 2.79. The van der Waals surface area contributed by atoms with Crippen LogP contribution in [0.5, 0.6) is 0 Å². The zero-order chi connectivity index (χ0) is 18.4. The fourth-order valence-electron chi connectivity index (χ4n) is 2.94. The third-order valence-corrected chi connectivity index (χ3v) is 6.22. The van der Waals surface area contributed by atoms with E-state index in [1.807, 2.05) is 36.4 Å². The topological polar surface area (TPSA) is 87.8 Å². The minimum atomic E-state index is -3.43. The Morgan fingerprint density at radius 3 is 2.50 bits per heavy atom. The number of guanidine groups is 1. The molecular weight excluding hydrogens is 348 g/mol. The number of aliphatic imine (C=N–C) groups is 1. The first-order valence-electron chi connectivity index (χ1n) is 8.77. The van der Waals surface area contributed by atoms with Crippen LogP contribution in [0.2, 0.25) is 0 Å². The molecule has 138 valence electrons. The molecule has 3 N–H and O–H groups in total. The molecule has 2 aromatic carbocycles. The van der Waals surface area contributed by atoms with Crippen LogP contribution in [0, 0.1) is 0 Å². The molecule has 0 radical (unpaired) electrons. The minimum absolute atomic E-state index is 0.292. The largest absolute Gasteiger partial charge is 0.370 e. The van der Waals surface area contributed by atoms with Crippen molar-refractivity contribution >= 4 is 21.7 Å². The van der Waals surface area contributed by atoms with Gasteiger partial charge in [0.15, 0.2) is 5.96 Å². The highest BCUT2D eigenvalue weighted by Crippen LogP contribution is 2.21. The van der Waals surface area contributed by atoms with E-state index >= 15 is 0 Å². The van der Waals surface area contributed by atoms with E-state index in [1.165, 1.54) is 0 Å². The van der Waals surface area contributed by atoms with Gasteiger partial charge in [-0.1, -0.05) is 36.8 Å². The Labute approximate surface area is 154 Å². The van der Waals surface area contributed by atoms with Crippen molar-refractivity contribution in [2.75, 3.05) is 18.4 Å². The van der Waals surface area contributed by atoms with Crippen LogP contribution >= 0.6 is 0 Å². The molecule has 1 aliphatic heterocycles. The summed E-state index contributed by atoms with van der Waals surface area (Å²) in [5.74, 6) is 0.292. The monoisotopic (exact) mass is 372 g/mol. The second kappa shape index (κ2) is 8.33. The van der Waals surface area contributed by atoms with E-state index in [9.17, 15) is 8.42 Å². The first-order chi connectivity index (χ1) is 12.6. The van der Waals surface area contributed by atoms with Gasteiger partial charge in [0.25, 0.3) is 0 Å². The number of nitrogens with zero attached hydrogens (tertiary/aromatic N) is 2. The van der Waals surface area contributed by atoms with E-state index in [1.54, 1.807) is 22.5 Å². The first kappa shape index (κ1) is 18.4. The lowest BCUT2D eigenvalue weighted by Crippen LogP contribution is -2.35. The maximum absolute atomic E-state index is 12.8. The van der Waals surface area contributed by atoms with E-state index in [2.05, 4.69) is 10.3 Å². The van der Waals surface area contributed by atoms with Crippen LogP contribution in [0.25, 0.3) is 0 Å². The quantitative estimate of drug-likeness (QED) is 0.624. The molecule has 26 heavy (non-hydrogen) atoms. The lowest BCUT2D eigenvalue weighted by atomic mass is 10.2. The Balaban J connectivity index is 1.70. The molecule has 1 heterocycles. The van der Waals surface area contributed by atoms with Crippen molar-refractivity contribution < 1.29 is 8.42 Å². The van der Waals surface area contributed by atoms with Crippen LogP contribution in [0.1, 0.15) is 24.8 Å². The van der Waals surface area contributed by atoms with Crippen molar-refractivity contribution in [2.45, 2.75) is 30.7 Å². The van der Waals surface area contributed by atoms with Crippen molar-refractivity contribution in [3.63, 3.8) is 0 Å². The van der Waals surface area contributed by atoms with Crippen LogP contribution in [0.15, 0.2) is 64.5 Å². The third kappa shape index (κ3) is 4.62. The van der Waals surface area contributed by atoms with E-state index in [0.29, 0.717) is 30.5 Å². The molecule has 0 amide bonds. The molecule has 7 heteroatoms. The molecule has 1 fully saturated rings. The van der Waals surface area contributed by atoms with Crippen molar-refractivity contribution in [1.82, 2.24) is 4.31 Å². The number of piperidine rings is 1. The summed E-state index contributed by atoms with van der Waals surface area (Å²) in [5.41, 5.74) is 7.57. The van der Waals surface area contributed by atoms with E-state index in [0.717, 1.165) is 30.5 Å². The first-order valence-corrected chi connectivity index (χ1v) is 10.2. The van der Waals surface area contributed by atoms with Gasteiger partial charge in [-0.3, -0.25) is 0 Å². The van der Waals surface area contributed by atoms with Gasteiger partial charge in [-0.15, -0.1) is 0 Å². The molecule has 0 saturated carbocycles. The molecule has 0 bridgehead atoms. The Hall–Kier alpha value is -2.38. The van der Waals surface area contributed by atoms with Gasteiger partial charge in [-0.2, -0.15) is 4.31 Å². The summed E-state index contributed by atoms with van der Waals surface area (Å²) >= 11 is 0. The number of para-hydroxylation sites is 1. The predicted molar refractivity (Wildman–Crippen MR) is 104 cm³/mol. The lowest BCUT2D eigenvalue weighted by Gasteiger charge is -2.26. The van der Waals surface area contributed by atoms with Gasteiger partial charge in [-0.05, 0) is 42.7 Å². The summed E-state index contributed by atoms with van der Waals surface area (Å²) in [4.78, 5) is 4.62. The molecule has 1 saturated heterocycles. The number of benzene rings is 2. The maximum atomic E-state index is 12.8. The summed E-state index contributed by atoms with van der Waals surface area (Å²) in [5, 5.41) is 3.01. The normalized spacial score (nSPS) is 16.4. The zero-order valence-electron chi connectivity index (χ0n) is 14.6. The maximum Gasteiger partial charge on any atom is 0.243 e. The molecule has 0 unspecified atom stereocenters. The molecule has 0 spiro atoms. The van der Waals surface area contributed by atoms with Crippen LogP contribution in [-0.2, 0) is 16.6 Å². The highest BCUT2D eigenvalue weighted by molar-refractivity contribution is 7.89. The molecule has 6 nitrogen and oxygen atoms in total. The average Bonchev–Trinajstić information content (AvgIpc) is 2.68. The third-order valence-electron chi connectivity index (χ3n) is 4.33. The highest BCUT2D eigenvalue weighted by atomic mass is 32.2. The Morgan fingerprint density at radius 2 is 1.77 bits per heavy atom. The summed E-state index contributed by atoms with van der Waals surface area (Å²) in [6.07, 6.45) is 2.93. The molecule has 0 atom stereocenters. The van der Waals surface area contributed by atoms with Crippen LogP contribution < -0.4 is 11.1 Å². The van der Waals surface area contributed by atoms with E-state index in [4.69, 9.17) is 5.73 Å². The van der Waals surface area contributed by atoms with Crippen LogP contribution in [-0.4, -0.2) is 31.8 Å². The number of hydrogen-bond acceptors (Lipinski definition) is 3. The van der Waals surface area contributed by atoms with Gasteiger partial charge >= 0.3 is 0 Å². The smallest absolute Gasteiger partial charge is 0.243 e. The second-order valence-electron chi connectivity index (χ2n) is 6.30. The van der Waals surface area contributed by atoms with Crippen molar-refractivity contribution in [3.8, 4) is 0 Å². The molecule has 3 rings (SSSR count). The van der Waals surface area contributed by atoms with Gasteiger partial charge in [0.05, 0.1) is 11.4 Å². The van der Waals surface area contributed by atoms with E-state index < -0.39 is 10.0 Å². The van der Waals surface area contributed by atoms with Crippen LogP contribution in [0.4, 0.5) is 5.69 Å². The lowest BCUT2D eigenvalue weighted by molar-refractivity contribution is 0.346. The molecule has 0 aromatic heterocycles. The highest BCUT2D eigenvalue weighted by Gasteiger charge is 2.25. The standard InChI is InChI=1S/C19H24N4O2S/c20-19(22-17-9-3-1-4-10-17)21-15-16-8-7-11-18(14-16)26(24,25)23-12-5-2-6-13-23/h1,3-4,7-11,14H,2,5-6,12-13,15H2,(H3,20,21,22). The van der Waals surface area contributed by atoms with Crippen molar-refractivity contribution in [3.05, 3.63) is 60.2 Å². The average molecular weight is 372 g/mol. The molecular formula is C19H24N4O2S. The Bertz CT molecular complexity index is 860. The SMILES string of the molecule is NC(=NCc1cccc(S(=O)(=O)N2CCCCC2)c1)Nc1ccccc1. The minimum Gasteiger partial charge on any atom is -0.370 e. The fraction of sp³-hybridized carbons (Fsp3) is 0.316. The van der Waals surface area contributed by atoms with Gasteiger partial charge in [-0.25, -0.2) is 13.4 Å².